The molecule has 0 saturated carbocycles. The first kappa shape index (κ1) is 80.4. The molecule has 0 radical (unpaired) electrons. The zero-order valence-corrected chi connectivity index (χ0v) is 69.7. The van der Waals surface area contributed by atoms with E-state index >= 15 is 0 Å². The molecule has 4 aliphatic rings. The first-order valence-electron chi connectivity index (χ1n) is 37.7. The number of nitrogens with zero attached hydrogens (tertiary/aromatic N) is 9. The standard InChI is InChI=1S/C39H23N3.C30H25BO2.C15H10ClN3.C6H5.C4H8O.C3Cl3N3.BrH.Mg/c1-3-11-24(12-4-1)37-40-38(25-13-5-2-6-14-25)42-39(41-37)33-20-9-17-27-29(33)21-22-30-32-19-10-18-31-26-15-7-8-16-28(26)35(36(31)32)23-34(27)30;1-29(2)30(3,4)33-31(32-29)27-14-8-11-20-22(27)16-15-21-24-13-7-12-23-18-9-5-6-10-19(18)26(28(23)24)17-25(20)21;16-15-18-13(11-7-3-1-4-8-11)17-14(19-15)12-9-5-2-6-10-12;1-2-4-6-5-3-1;1-2-4-5-3-1;4-1-7-2(5)9-3(6)8-1;;/h1-23H;5-17H,1-4H3;1-10H;1-5H;1-4H2;;1H;/q;;;-1;;;;+2/p-1. The summed E-state index contributed by atoms with van der Waals surface area (Å²) in [5, 5.41) is 15.4. The van der Waals surface area contributed by atoms with Crippen LogP contribution in [0.25, 0.3) is 166 Å². The van der Waals surface area contributed by atoms with E-state index in [1.54, 1.807) is 0 Å². The van der Waals surface area contributed by atoms with Crippen LogP contribution in [0.5, 0.6) is 0 Å². The van der Waals surface area contributed by atoms with E-state index in [1.165, 1.54) is 117 Å². The molecule has 0 spiro atoms. The smallest absolute Gasteiger partial charge is 1.00 e. The third-order valence-electron chi connectivity index (χ3n) is 21.2. The average Bonchev–Trinajstić information content (AvgIpc) is 1.58. The van der Waals surface area contributed by atoms with E-state index in [0.717, 1.165) is 51.9 Å². The molecule has 18 aromatic rings. The quantitative estimate of drug-likeness (QED) is 0.0888. The fourth-order valence-electron chi connectivity index (χ4n) is 15.2. The van der Waals surface area contributed by atoms with Crippen LogP contribution in [0.15, 0.2) is 309 Å². The Labute approximate surface area is 719 Å². The molecule has 562 valence electrons. The molecule has 0 unspecified atom stereocenters. The molecule has 12 nitrogen and oxygen atoms in total. The van der Waals surface area contributed by atoms with Gasteiger partial charge in [-0.3, -0.25) is 0 Å². The van der Waals surface area contributed by atoms with Crippen LogP contribution in [0.2, 0.25) is 21.1 Å². The van der Waals surface area contributed by atoms with Crippen molar-refractivity contribution in [3.05, 3.63) is 337 Å². The number of hydrogen-bond donors (Lipinski definition) is 0. The van der Waals surface area contributed by atoms with Gasteiger partial charge >= 0.3 is 30.2 Å². The van der Waals surface area contributed by atoms with Crippen molar-refractivity contribution >= 4 is 147 Å². The van der Waals surface area contributed by atoms with Crippen molar-refractivity contribution in [2.75, 3.05) is 13.2 Å². The number of benzene rings is 15. The summed E-state index contributed by atoms with van der Waals surface area (Å²) in [6, 6.07) is 110. The molecule has 0 atom stereocenters. The van der Waals surface area contributed by atoms with Gasteiger partial charge in [0.2, 0.25) is 21.1 Å². The Morgan fingerprint density at radius 3 is 0.983 bits per heavy atom. The van der Waals surface area contributed by atoms with E-state index in [2.05, 4.69) is 221 Å². The van der Waals surface area contributed by atoms with Crippen LogP contribution in [-0.2, 0) is 14.0 Å². The number of rotatable bonds is 6. The SMILES string of the molecule is C1CCOC1.CC1(C)OB(c2cccc3c2ccc2c4cccc5c4c(cc32)-c2ccccc2-5)OC1(C)C.Clc1nc(-c2ccccc2)nc(-c2ccccc2)n1.Clc1nc(Cl)nc(Cl)n1.[Br-].[Mg+2].[c-]1ccccc1.c1ccc(-c2nc(-c3ccccc3)nc(-c3cccc4c3ccc3c5cccc6c5c(cc43)-c3ccccc3-6)n2)cc1. The summed E-state index contributed by atoms with van der Waals surface area (Å²) >= 11 is 21.9. The van der Waals surface area contributed by atoms with Crippen LogP contribution < -0.4 is 22.4 Å². The van der Waals surface area contributed by atoms with Crippen molar-refractivity contribution < 1.29 is 31.0 Å². The van der Waals surface area contributed by atoms with Gasteiger partial charge in [-0.15, -0.1) is 0 Å². The minimum Gasteiger partial charge on any atom is -1.00 e. The molecule has 2 aliphatic heterocycles. The molecule has 0 amide bonds. The van der Waals surface area contributed by atoms with Gasteiger partial charge in [0.1, 0.15) is 0 Å². The molecule has 116 heavy (non-hydrogen) atoms. The molecule has 15 aromatic carbocycles. The topological polar surface area (TPSA) is 144 Å². The first-order valence-corrected chi connectivity index (χ1v) is 39.2. The molecule has 2 aliphatic carbocycles. The van der Waals surface area contributed by atoms with Crippen LogP contribution >= 0.6 is 46.4 Å². The summed E-state index contributed by atoms with van der Waals surface area (Å²) in [7, 11) is -0.376. The van der Waals surface area contributed by atoms with Crippen molar-refractivity contribution in [2.24, 2.45) is 0 Å². The van der Waals surface area contributed by atoms with E-state index in [4.69, 9.17) is 75.4 Å². The zero-order chi connectivity index (χ0) is 77.9. The Morgan fingerprint density at radius 1 is 0.284 bits per heavy atom. The Kier molecular flexibility index (Phi) is 24.5. The maximum Gasteiger partial charge on any atom is 2.00 e. The fourth-order valence-corrected chi connectivity index (χ4v) is 15.9. The second-order valence-corrected chi connectivity index (χ2v) is 30.1. The average molecular weight is 1670 g/mol. The molecule has 0 N–H and O–H groups in total. The third-order valence-corrected chi connectivity index (χ3v) is 21.9. The number of aromatic nitrogens is 9. The molecule has 2 fully saturated rings. The van der Waals surface area contributed by atoms with Gasteiger partial charge in [-0.05, 0) is 214 Å². The van der Waals surface area contributed by atoms with Gasteiger partial charge in [0.05, 0.1) is 11.2 Å². The van der Waals surface area contributed by atoms with Crippen LogP contribution in [0, 0.1) is 6.07 Å². The molecule has 5 heterocycles. The maximum atomic E-state index is 6.42. The van der Waals surface area contributed by atoms with Gasteiger partial charge in [-0.25, -0.2) is 19.9 Å². The van der Waals surface area contributed by atoms with E-state index in [9.17, 15) is 0 Å². The molecule has 0 bridgehead atoms. The molecule has 19 heteroatoms. The monoisotopic (exact) mass is 1660 g/mol. The van der Waals surface area contributed by atoms with Crippen LogP contribution in [0.1, 0.15) is 40.5 Å². The molecular formula is C97H71BBrCl4MgN9O3. The third kappa shape index (κ3) is 16.6. The van der Waals surface area contributed by atoms with Crippen LogP contribution in [0.3, 0.4) is 0 Å². The fraction of sp³-hybridized carbons (Fsp3) is 0.103. The predicted octanol–water partition coefficient (Wildman–Crippen LogP) is 21.7. The number of halogens is 5. The van der Waals surface area contributed by atoms with Crippen molar-refractivity contribution in [2.45, 2.75) is 51.7 Å². The summed E-state index contributed by atoms with van der Waals surface area (Å²) in [6.07, 6.45) is 2.56. The number of hydrogen-bond acceptors (Lipinski definition) is 12. The number of ether oxygens (including phenoxy) is 1. The normalized spacial score (nSPS) is 13.3. The van der Waals surface area contributed by atoms with E-state index in [-0.39, 0.29) is 79.5 Å². The van der Waals surface area contributed by atoms with Crippen molar-refractivity contribution in [1.82, 2.24) is 44.9 Å². The summed E-state index contributed by atoms with van der Waals surface area (Å²) in [5.41, 5.74) is 15.7. The Morgan fingerprint density at radius 2 is 0.595 bits per heavy atom. The Hall–Kier alpha value is -10.8. The van der Waals surface area contributed by atoms with E-state index in [0.29, 0.717) is 29.1 Å². The summed E-state index contributed by atoms with van der Waals surface area (Å²) < 4.78 is 17.8. The molecule has 2 saturated heterocycles. The number of fused-ring (bicyclic) bond motifs is 14. The van der Waals surface area contributed by atoms with Gasteiger partial charge in [0.25, 0.3) is 0 Å². The van der Waals surface area contributed by atoms with Crippen molar-refractivity contribution in [1.29, 1.82) is 0 Å². The summed E-state index contributed by atoms with van der Waals surface area (Å²) in [6.45, 7) is 10.4. The van der Waals surface area contributed by atoms with E-state index < -0.39 is 0 Å². The van der Waals surface area contributed by atoms with Crippen LogP contribution in [-0.4, -0.2) is 99.4 Å². The van der Waals surface area contributed by atoms with Gasteiger partial charge in [-0.1, -0.05) is 267 Å². The van der Waals surface area contributed by atoms with Gasteiger partial charge in [0, 0.05) is 41.0 Å². The Balaban J connectivity index is 0.000000126. The minimum atomic E-state index is -0.376. The van der Waals surface area contributed by atoms with Gasteiger partial charge in [0.15, 0.2) is 29.1 Å². The zero-order valence-electron chi connectivity index (χ0n) is 63.7. The van der Waals surface area contributed by atoms with E-state index in [1.807, 2.05) is 152 Å². The predicted molar refractivity (Wildman–Crippen MR) is 474 cm³/mol. The molecular weight excluding hydrogens is 1600 g/mol. The summed E-state index contributed by atoms with van der Waals surface area (Å²) in [4.78, 5) is 38.1. The Bertz CT molecular complexity index is 6410. The first-order chi connectivity index (χ1) is 55.7. The minimum absolute atomic E-state index is 0. The molecule has 3 aromatic heterocycles. The maximum absolute atomic E-state index is 6.42. The van der Waals surface area contributed by atoms with Gasteiger partial charge in [-0.2, -0.15) is 61.3 Å². The van der Waals surface area contributed by atoms with Gasteiger partial charge < -0.3 is 31.0 Å². The van der Waals surface area contributed by atoms with Crippen molar-refractivity contribution in [3.8, 4) is 101 Å². The van der Waals surface area contributed by atoms with Crippen LogP contribution in [0.4, 0.5) is 0 Å². The second-order valence-electron chi connectivity index (χ2n) is 28.7. The largest absolute Gasteiger partial charge is 2.00 e. The second kappa shape index (κ2) is 35.4. The van der Waals surface area contributed by atoms with Crippen molar-refractivity contribution in [3.63, 3.8) is 0 Å². The summed E-state index contributed by atoms with van der Waals surface area (Å²) in [5.74, 6) is 3.17. The molecule has 22 rings (SSSR count).